The SMILES string of the molecule is Cc1ccc(C)c(OCCC(=O)OC(C)(C)C)c1C. The maximum absolute atomic E-state index is 11.6. The van der Waals surface area contributed by atoms with Crippen LogP contribution in [0.1, 0.15) is 43.9 Å². The van der Waals surface area contributed by atoms with Gasteiger partial charge in [-0.25, -0.2) is 0 Å². The second-order valence-corrected chi connectivity index (χ2v) is 5.84. The number of esters is 1. The molecular formula is C16H24O3. The molecule has 0 saturated heterocycles. The van der Waals surface area contributed by atoms with Crippen molar-refractivity contribution in [3.63, 3.8) is 0 Å². The van der Waals surface area contributed by atoms with Crippen LogP contribution in [-0.2, 0) is 9.53 Å². The predicted octanol–water partition coefficient (Wildman–Crippen LogP) is 3.72. The average Bonchev–Trinajstić information content (AvgIpc) is 2.26. The molecule has 0 fully saturated rings. The van der Waals surface area contributed by atoms with E-state index in [4.69, 9.17) is 9.47 Å². The molecule has 106 valence electrons. The minimum absolute atomic E-state index is 0.226. The molecule has 0 amide bonds. The van der Waals surface area contributed by atoms with Gasteiger partial charge in [0.15, 0.2) is 0 Å². The minimum atomic E-state index is -0.438. The van der Waals surface area contributed by atoms with Crippen LogP contribution in [0.4, 0.5) is 0 Å². The number of benzene rings is 1. The van der Waals surface area contributed by atoms with Gasteiger partial charge in [-0.2, -0.15) is 0 Å². The van der Waals surface area contributed by atoms with E-state index in [9.17, 15) is 4.79 Å². The van der Waals surface area contributed by atoms with Gasteiger partial charge in [-0.15, -0.1) is 0 Å². The lowest BCUT2D eigenvalue weighted by atomic mass is 10.1. The molecule has 0 aliphatic carbocycles. The molecule has 1 aromatic carbocycles. The molecule has 0 atom stereocenters. The van der Waals surface area contributed by atoms with Crippen LogP contribution in [0, 0.1) is 20.8 Å². The Balaban J connectivity index is 2.55. The Bertz CT molecular complexity index is 456. The second-order valence-electron chi connectivity index (χ2n) is 5.84. The van der Waals surface area contributed by atoms with Crippen LogP contribution in [-0.4, -0.2) is 18.2 Å². The molecule has 0 aromatic heterocycles. The Morgan fingerprint density at radius 2 is 1.68 bits per heavy atom. The minimum Gasteiger partial charge on any atom is -0.492 e. The lowest BCUT2D eigenvalue weighted by Crippen LogP contribution is -2.24. The fourth-order valence-corrected chi connectivity index (χ4v) is 1.78. The van der Waals surface area contributed by atoms with Gasteiger partial charge in [0.25, 0.3) is 0 Å². The molecule has 0 spiro atoms. The highest BCUT2D eigenvalue weighted by atomic mass is 16.6. The van der Waals surface area contributed by atoms with E-state index in [2.05, 4.69) is 13.0 Å². The summed E-state index contributed by atoms with van der Waals surface area (Å²) in [6, 6.07) is 4.11. The molecule has 0 heterocycles. The fourth-order valence-electron chi connectivity index (χ4n) is 1.78. The molecule has 19 heavy (non-hydrogen) atoms. The average molecular weight is 264 g/mol. The Morgan fingerprint density at radius 1 is 1.11 bits per heavy atom. The molecule has 0 bridgehead atoms. The molecule has 1 rings (SSSR count). The number of ether oxygens (including phenoxy) is 2. The van der Waals surface area contributed by atoms with Crippen LogP contribution < -0.4 is 4.74 Å². The molecule has 0 radical (unpaired) electrons. The van der Waals surface area contributed by atoms with Gasteiger partial charge >= 0.3 is 5.97 Å². The van der Waals surface area contributed by atoms with Gasteiger partial charge in [-0.05, 0) is 58.2 Å². The van der Waals surface area contributed by atoms with Crippen molar-refractivity contribution in [3.8, 4) is 5.75 Å². The van der Waals surface area contributed by atoms with Gasteiger partial charge in [0.2, 0.25) is 0 Å². The Labute approximate surface area is 115 Å². The zero-order valence-corrected chi connectivity index (χ0v) is 12.8. The zero-order valence-electron chi connectivity index (χ0n) is 12.8. The zero-order chi connectivity index (χ0) is 14.6. The Kier molecular flexibility index (Phi) is 4.98. The molecule has 3 nitrogen and oxygen atoms in total. The lowest BCUT2D eigenvalue weighted by molar-refractivity contribution is -0.155. The number of carbonyl (C=O) groups is 1. The van der Waals surface area contributed by atoms with Gasteiger partial charge in [-0.1, -0.05) is 12.1 Å². The van der Waals surface area contributed by atoms with E-state index >= 15 is 0 Å². The fraction of sp³-hybridized carbons (Fsp3) is 0.562. The predicted molar refractivity (Wildman–Crippen MR) is 76.6 cm³/mol. The van der Waals surface area contributed by atoms with Gasteiger partial charge in [0.1, 0.15) is 11.4 Å². The van der Waals surface area contributed by atoms with Gasteiger partial charge in [0, 0.05) is 0 Å². The summed E-state index contributed by atoms with van der Waals surface area (Å²) in [6.07, 6.45) is 0.268. The van der Waals surface area contributed by atoms with Crippen molar-refractivity contribution >= 4 is 5.97 Å². The number of rotatable bonds is 4. The van der Waals surface area contributed by atoms with E-state index in [1.165, 1.54) is 5.56 Å². The molecular weight excluding hydrogens is 240 g/mol. The van der Waals surface area contributed by atoms with Crippen LogP contribution in [0.3, 0.4) is 0 Å². The third-order valence-corrected chi connectivity index (χ3v) is 2.85. The van der Waals surface area contributed by atoms with Crippen LogP contribution in [0.15, 0.2) is 12.1 Å². The van der Waals surface area contributed by atoms with Gasteiger partial charge in [0.05, 0.1) is 13.0 Å². The number of aryl methyl sites for hydroxylation is 2. The van der Waals surface area contributed by atoms with Crippen LogP contribution >= 0.6 is 0 Å². The van der Waals surface area contributed by atoms with Crippen LogP contribution in [0.2, 0.25) is 0 Å². The first-order valence-corrected chi connectivity index (χ1v) is 6.62. The van der Waals surface area contributed by atoms with E-state index < -0.39 is 5.60 Å². The molecule has 0 aliphatic rings. The quantitative estimate of drug-likeness (QED) is 0.777. The van der Waals surface area contributed by atoms with Crippen molar-refractivity contribution in [1.29, 1.82) is 0 Å². The smallest absolute Gasteiger partial charge is 0.309 e. The van der Waals surface area contributed by atoms with Crippen molar-refractivity contribution < 1.29 is 14.3 Å². The first-order chi connectivity index (χ1) is 8.70. The van der Waals surface area contributed by atoms with E-state index in [1.807, 2.05) is 40.7 Å². The van der Waals surface area contributed by atoms with Gasteiger partial charge < -0.3 is 9.47 Å². The summed E-state index contributed by atoms with van der Waals surface area (Å²) in [5, 5.41) is 0. The number of hydrogen-bond donors (Lipinski definition) is 0. The largest absolute Gasteiger partial charge is 0.492 e. The maximum atomic E-state index is 11.6. The van der Waals surface area contributed by atoms with Crippen molar-refractivity contribution in [2.75, 3.05) is 6.61 Å². The Morgan fingerprint density at radius 3 is 2.26 bits per heavy atom. The highest BCUT2D eigenvalue weighted by molar-refractivity contribution is 5.70. The summed E-state index contributed by atoms with van der Waals surface area (Å²) in [4.78, 5) is 11.6. The molecule has 0 aliphatic heterocycles. The summed E-state index contributed by atoms with van der Waals surface area (Å²) in [7, 11) is 0. The highest BCUT2D eigenvalue weighted by Crippen LogP contribution is 2.25. The topological polar surface area (TPSA) is 35.5 Å². The van der Waals surface area contributed by atoms with E-state index in [1.54, 1.807) is 0 Å². The molecule has 1 aromatic rings. The first-order valence-electron chi connectivity index (χ1n) is 6.62. The highest BCUT2D eigenvalue weighted by Gasteiger charge is 2.16. The monoisotopic (exact) mass is 264 g/mol. The number of hydrogen-bond acceptors (Lipinski definition) is 3. The third-order valence-electron chi connectivity index (χ3n) is 2.85. The van der Waals surface area contributed by atoms with E-state index in [-0.39, 0.29) is 12.4 Å². The summed E-state index contributed by atoms with van der Waals surface area (Å²) in [5.41, 5.74) is 2.97. The Hall–Kier alpha value is -1.51. The van der Waals surface area contributed by atoms with Crippen molar-refractivity contribution in [3.05, 3.63) is 28.8 Å². The first kappa shape index (κ1) is 15.5. The van der Waals surface area contributed by atoms with Crippen molar-refractivity contribution in [1.82, 2.24) is 0 Å². The van der Waals surface area contributed by atoms with Crippen molar-refractivity contribution in [2.24, 2.45) is 0 Å². The van der Waals surface area contributed by atoms with Gasteiger partial charge in [-0.3, -0.25) is 4.79 Å². The molecule has 0 N–H and O–H groups in total. The number of carbonyl (C=O) groups excluding carboxylic acids is 1. The molecule has 3 heteroatoms. The summed E-state index contributed by atoms with van der Waals surface area (Å²) in [6.45, 7) is 12.0. The van der Waals surface area contributed by atoms with E-state index in [0.717, 1.165) is 16.9 Å². The second kappa shape index (κ2) is 6.09. The maximum Gasteiger partial charge on any atom is 0.309 e. The summed E-state index contributed by atoms with van der Waals surface area (Å²) >= 11 is 0. The van der Waals surface area contributed by atoms with E-state index in [0.29, 0.717) is 6.61 Å². The normalized spacial score (nSPS) is 11.3. The summed E-state index contributed by atoms with van der Waals surface area (Å²) in [5.74, 6) is 0.652. The summed E-state index contributed by atoms with van der Waals surface area (Å²) < 4.78 is 11.0. The van der Waals surface area contributed by atoms with Crippen molar-refractivity contribution in [2.45, 2.75) is 53.6 Å². The molecule has 0 unspecified atom stereocenters. The van der Waals surface area contributed by atoms with Crippen LogP contribution in [0.25, 0.3) is 0 Å². The standard InChI is InChI=1S/C16H24O3/c1-11-7-8-12(2)15(13(11)3)18-10-9-14(17)19-16(4,5)6/h7-8H,9-10H2,1-6H3. The lowest BCUT2D eigenvalue weighted by Gasteiger charge is -2.20. The third kappa shape index (κ3) is 4.93. The molecule has 0 saturated carbocycles. The van der Waals surface area contributed by atoms with Crippen LogP contribution in [0.5, 0.6) is 5.75 Å².